The van der Waals surface area contributed by atoms with Crippen LogP contribution in [0, 0.1) is 17.2 Å². The molecule has 0 bridgehead atoms. The molecule has 2 aliphatic rings. The summed E-state index contributed by atoms with van der Waals surface area (Å²) >= 11 is 0. The van der Waals surface area contributed by atoms with Gasteiger partial charge >= 0.3 is 0 Å². The number of hydrogen-bond acceptors (Lipinski definition) is 1. The van der Waals surface area contributed by atoms with Crippen molar-refractivity contribution in [2.45, 2.75) is 53.5 Å². The van der Waals surface area contributed by atoms with Crippen LogP contribution in [0.2, 0.25) is 0 Å². The summed E-state index contributed by atoms with van der Waals surface area (Å²) in [6, 6.07) is 15.7. The second kappa shape index (κ2) is 8.34. The SMILES string of the molecule is CC.CC(C)(C)/C=C/C1=C(c2ccc(F)cc2)c2ccccc2NC1C1CC1. The van der Waals surface area contributed by atoms with Gasteiger partial charge in [0.1, 0.15) is 5.82 Å². The van der Waals surface area contributed by atoms with Crippen molar-refractivity contribution in [1.29, 1.82) is 0 Å². The Labute approximate surface area is 169 Å². The van der Waals surface area contributed by atoms with Crippen LogP contribution in [-0.2, 0) is 0 Å². The number of para-hydroxylation sites is 1. The highest BCUT2D eigenvalue weighted by Crippen LogP contribution is 2.46. The number of rotatable bonds is 3. The first-order valence-electron chi connectivity index (χ1n) is 10.5. The van der Waals surface area contributed by atoms with Gasteiger partial charge in [0.2, 0.25) is 0 Å². The van der Waals surface area contributed by atoms with Gasteiger partial charge in [0.25, 0.3) is 0 Å². The van der Waals surface area contributed by atoms with Crippen molar-refractivity contribution in [3.8, 4) is 0 Å². The van der Waals surface area contributed by atoms with Crippen molar-refractivity contribution in [3.05, 3.63) is 83.2 Å². The van der Waals surface area contributed by atoms with Crippen LogP contribution < -0.4 is 5.32 Å². The molecule has 0 amide bonds. The van der Waals surface area contributed by atoms with E-state index in [9.17, 15) is 4.39 Å². The minimum absolute atomic E-state index is 0.117. The molecule has 1 nitrogen and oxygen atoms in total. The Morgan fingerprint density at radius 3 is 2.21 bits per heavy atom. The molecule has 1 aliphatic carbocycles. The maximum atomic E-state index is 13.5. The van der Waals surface area contributed by atoms with Gasteiger partial charge in [0.05, 0.1) is 6.04 Å². The number of benzene rings is 2. The van der Waals surface area contributed by atoms with Gasteiger partial charge in [0, 0.05) is 11.3 Å². The topological polar surface area (TPSA) is 12.0 Å². The summed E-state index contributed by atoms with van der Waals surface area (Å²) in [5.41, 5.74) is 6.14. The van der Waals surface area contributed by atoms with Crippen LogP contribution >= 0.6 is 0 Å². The first-order chi connectivity index (χ1) is 13.4. The van der Waals surface area contributed by atoms with E-state index < -0.39 is 0 Å². The summed E-state index contributed by atoms with van der Waals surface area (Å²) in [7, 11) is 0. The van der Waals surface area contributed by atoms with Crippen LogP contribution in [0.15, 0.2) is 66.3 Å². The molecule has 1 atom stereocenters. The Morgan fingerprint density at radius 1 is 0.964 bits per heavy atom. The molecule has 148 valence electrons. The van der Waals surface area contributed by atoms with E-state index in [1.807, 2.05) is 26.0 Å². The summed E-state index contributed by atoms with van der Waals surface area (Å²) in [6.07, 6.45) is 7.12. The lowest BCUT2D eigenvalue weighted by Crippen LogP contribution is -2.29. The molecule has 1 N–H and O–H groups in total. The summed E-state index contributed by atoms with van der Waals surface area (Å²) in [6.45, 7) is 10.7. The van der Waals surface area contributed by atoms with E-state index in [1.54, 1.807) is 12.1 Å². The van der Waals surface area contributed by atoms with Crippen LogP contribution in [0.25, 0.3) is 5.57 Å². The maximum absolute atomic E-state index is 13.5. The zero-order chi connectivity index (χ0) is 20.3. The van der Waals surface area contributed by atoms with Crippen molar-refractivity contribution in [3.63, 3.8) is 0 Å². The summed E-state index contributed by atoms with van der Waals surface area (Å²) < 4.78 is 13.5. The molecule has 2 heteroatoms. The molecule has 1 unspecified atom stereocenters. The Bertz CT molecular complexity index is 864. The van der Waals surface area contributed by atoms with E-state index in [4.69, 9.17) is 0 Å². The molecule has 1 heterocycles. The molecule has 0 radical (unpaired) electrons. The lowest BCUT2D eigenvalue weighted by molar-refractivity contribution is 0.543. The molecule has 0 saturated heterocycles. The van der Waals surface area contributed by atoms with Crippen molar-refractivity contribution >= 4 is 11.3 Å². The van der Waals surface area contributed by atoms with Gasteiger partial charge in [0.15, 0.2) is 0 Å². The largest absolute Gasteiger partial charge is 0.377 e. The first-order valence-corrected chi connectivity index (χ1v) is 10.5. The number of hydrogen-bond donors (Lipinski definition) is 1. The second-order valence-electron chi connectivity index (χ2n) is 8.54. The number of allylic oxidation sites excluding steroid dienone is 1. The highest BCUT2D eigenvalue weighted by molar-refractivity contribution is 5.92. The van der Waals surface area contributed by atoms with E-state index in [1.165, 1.54) is 35.2 Å². The third-order valence-electron chi connectivity index (χ3n) is 5.12. The summed E-state index contributed by atoms with van der Waals surface area (Å²) in [4.78, 5) is 0. The molecular weight excluding hydrogens is 345 g/mol. The van der Waals surface area contributed by atoms with Crippen molar-refractivity contribution < 1.29 is 4.39 Å². The predicted octanol–water partition coefficient (Wildman–Crippen LogP) is 7.46. The van der Waals surface area contributed by atoms with E-state index in [2.05, 4.69) is 62.5 Å². The quantitative estimate of drug-likeness (QED) is 0.585. The molecule has 28 heavy (non-hydrogen) atoms. The minimum Gasteiger partial charge on any atom is -0.377 e. The minimum atomic E-state index is -0.193. The van der Waals surface area contributed by atoms with Crippen molar-refractivity contribution in [2.24, 2.45) is 11.3 Å². The lowest BCUT2D eigenvalue weighted by Gasteiger charge is -2.32. The Kier molecular flexibility index (Phi) is 6.07. The van der Waals surface area contributed by atoms with E-state index in [0.717, 1.165) is 5.56 Å². The molecule has 0 spiro atoms. The highest BCUT2D eigenvalue weighted by atomic mass is 19.1. The van der Waals surface area contributed by atoms with Gasteiger partial charge in [-0.25, -0.2) is 4.39 Å². The normalized spacial score (nSPS) is 19.0. The molecule has 1 fully saturated rings. The zero-order valence-electron chi connectivity index (χ0n) is 17.7. The molecule has 2 aromatic carbocycles. The van der Waals surface area contributed by atoms with Crippen LogP contribution in [0.3, 0.4) is 0 Å². The monoisotopic (exact) mass is 377 g/mol. The van der Waals surface area contributed by atoms with Crippen LogP contribution in [0.4, 0.5) is 10.1 Å². The van der Waals surface area contributed by atoms with Gasteiger partial charge in [-0.15, -0.1) is 0 Å². The van der Waals surface area contributed by atoms with Crippen molar-refractivity contribution in [1.82, 2.24) is 0 Å². The summed E-state index contributed by atoms with van der Waals surface area (Å²) in [5.74, 6) is 0.487. The van der Waals surface area contributed by atoms with E-state index in [0.29, 0.717) is 12.0 Å². The number of anilines is 1. The Hall–Kier alpha value is -2.35. The molecule has 2 aromatic rings. The van der Waals surface area contributed by atoms with E-state index >= 15 is 0 Å². The molecule has 0 aromatic heterocycles. The molecule has 1 saturated carbocycles. The molecular formula is C26H32FN. The number of halogens is 1. The highest BCUT2D eigenvalue weighted by Gasteiger charge is 2.37. The van der Waals surface area contributed by atoms with E-state index in [-0.39, 0.29) is 11.2 Å². The predicted molar refractivity (Wildman–Crippen MR) is 119 cm³/mol. The fraction of sp³-hybridized carbons (Fsp3) is 0.385. The van der Waals surface area contributed by atoms with Crippen LogP contribution in [-0.4, -0.2) is 6.04 Å². The third-order valence-corrected chi connectivity index (χ3v) is 5.12. The Balaban J connectivity index is 0.00000109. The molecule has 1 aliphatic heterocycles. The first kappa shape index (κ1) is 20.4. The number of fused-ring (bicyclic) bond motifs is 1. The molecule has 4 rings (SSSR count). The average Bonchev–Trinajstić information content (AvgIpc) is 3.52. The smallest absolute Gasteiger partial charge is 0.123 e. The fourth-order valence-electron chi connectivity index (χ4n) is 3.65. The third kappa shape index (κ3) is 4.55. The number of nitrogens with one attached hydrogen (secondary N) is 1. The van der Waals surface area contributed by atoms with Crippen molar-refractivity contribution in [2.75, 3.05) is 5.32 Å². The van der Waals surface area contributed by atoms with Gasteiger partial charge in [-0.05, 0) is 59.1 Å². The maximum Gasteiger partial charge on any atom is 0.123 e. The van der Waals surface area contributed by atoms with Gasteiger partial charge in [-0.3, -0.25) is 0 Å². The fourth-order valence-corrected chi connectivity index (χ4v) is 3.65. The second-order valence-corrected chi connectivity index (χ2v) is 8.54. The standard InChI is InChI=1S/C24H26FN.C2H6/c1-24(2,3)15-14-20-22(16-10-12-18(25)13-11-16)19-6-4-5-7-21(19)26-23(20)17-8-9-17;1-2/h4-7,10-15,17,23,26H,8-9H2,1-3H3;1-2H3/b15-14+;. The Morgan fingerprint density at radius 2 is 1.61 bits per heavy atom. The zero-order valence-corrected chi connectivity index (χ0v) is 17.7. The average molecular weight is 378 g/mol. The van der Waals surface area contributed by atoms with Gasteiger partial charge < -0.3 is 5.32 Å². The van der Waals surface area contributed by atoms with Gasteiger partial charge in [-0.1, -0.05) is 77.1 Å². The van der Waals surface area contributed by atoms with Gasteiger partial charge in [-0.2, -0.15) is 0 Å². The lowest BCUT2D eigenvalue weighted by atomic mass is 9.82. The van der Waals surface area contributed by atoms with Crippen LogP contribution in [0.1, 0.15) is 58.6 Å². The summed E-state index contributed by atoms with van der Waals surface area (Å²) in [5, 5.41) is 3.77. The van der Waals surface area contributed by atoms with Crippen LogP contribution in [0.5, 0.6) is 0 Å².